The van der Waals surface area contributed by atoms with Crippen molar-refractivity contribution in [2.75, 3.05) is 0 Å². The van der Waals surface area contributed by atoms with Crippen LogP contribution in [0.25, 0.3) is 34.1 Å². The molecule has 18 aromatic rings. The normalized spacial score (nSPS) is 11.0. The van der Waals surface area contributed by atoms with E-state index in [9.17, 15) is 70.2 Å². The third-order valence-electron chi connectivity index (χ3n) is 24.3. The Labute approximate surface area is 826 Å². The lowest BCUT2D eigenvalue weighted by Crippen LogP contribution is -2.04. The fourth-order valence-corrected chi connectivity index (χ4v) is 17.1. The van der Waals surface area contributed by atoms with Crippen molar-refractivity contribution < 1.29 is 70.2 Å². The van der Waals surface area contributed by atoms with Gasteiger partial charge < -0.3 is 0 Å². The van der Waals surface area contributed by atoms with Crippen molar-refractivity contribution in [3.63, 3.8) is 0 Å². The number of hydrogen-bond donors (Lipinski definition) is 0. The first-order valence-electron chi connectivity index (χ1n) is 46.8. The minimum Gasteiger partial charge on any atom is -0.238 e. The number of rotatable bonds is 24. The molecule has 6 aromatic heterocycles. The van der Waals surface area contributed by atoms with E-state index >= 15 is 0 Å². The highest BCUT2D eigenvalue weighted by molar-refractivity contribution is 5.46. The zero-order chi connectivity index (χ0) is 104. The second-order valence-corrected chi connectivity index (χ2v) is 35.7. The molecule has 12 nitrogen and oxygen atoms in total. The maximum atomic E-state index is 14.5. The van der Waals surface area contributed by atoms with E-state index in [1.165, 1.54) is 101 Å². The van der Waals surface area contributed by atoms with E-state index in [0.717, 1.165) is 116 Å². The zero-order valence-electron chi connectivity index (χ0n) is 82.1. The molecular weight excluding hydrogens is 1870 g/mol. The summed E-state index contributed by atoms with van der Waals surface area (Å²) in [7, 11) is 0. The highest BCUT2D eigenvalue weighted by atomic mass is 19.2. The largest absolute Gasteiger partial charge is 0.238 e. The number of aryl methyl sites for hydroxylation is 21. The lowest BCUT2D eigenvalue weighted by Gasteiger charge is -2.09. The van der Waals surface area contributed by atoms with Crippen molar-refractivity contribution in [1.82, 2.24) is 58.7 Å². The number of hydrogen-bond acceptors (Lipinski definition) is 6. The van der Waals surface area contributed by atoms with Gasteiger partial charge in [-0.3, -0.25) is 0 Å². The van der Waals surface area contributed by atoms with Crippen LogP contribution in [0.4, 0.5) is 70.2 Å². The minimum absolute atomic E-state index is 0.0283. The van der Waals surface area contributed by atoms with E-state index in [-0.39, 0.29) is 71.8 Å². The molecule has 144 heavy (non-hydrogen) atoms. The predicted molar refractivity (Wildman–Crippen MR) is 530 cm³/mol. The number of halogens is 16. The number of benzene rings is 12. The molecule has 0 amide bonds. The van der Waals surface area contributed by atoms with Gasteiger partial charge in [-0.2, -0.15) is 30.6 Å². The zero-order valence-corrected chi connectivity index (χ0v) is 82.1. The van der Waals surface area contributed by atoms with Crippen molar-refractivity contribution in [2.24, 2.45) is 0 Å². The molecule has 18 rings (SSSR count). The summed E-state index contributed by atoms with van der Waals surface area (Å²) in [5.74, 6) is -8.86. The van der Waals surface area contributed by atoms with Crippen LogP contribution in [-0.2, 0) is 77.0 Å². The second-order valence-electron chi connectivity index (χ2n) is 35.7. The Kier molecular flexibility index (Phi) is 35.4. The Balaban J connectivity index is 0.000000145. The van der Waals surface area contributed by atoms with Crippen LogP contribution in [0.2, 0.25) is 0 Å². The molecule has 0 saturated heterocycles. The van der Waals surface area contributed by atoms with Gasteiger partial charge in [0.25, 0.3) is 0 Å². The fraction of sp³-hybridized carbons (Fsp3) is 0.224. The molecule has 744 valence electrons. The third kappa shape index (κ3) is 27.2. The minimum atomic E-state index is -1.19. The van der Waals surface area contributed by atoms with Crippen LogP contribution < -0.4 is 0 Å². The van der Waals surface area contributed by atoms with Gasteiger partial charge in [0.15, 0.2) is 11.6 Å². The van der Waals surface area contributed by atoms with Gasteiger partial charge >= 0.3 is 0 Å². The summed E-state index contributed by atoms with van der Waals surface area (Å²) < 4.78 is 232. The highest BCUT2D eigenvalue weighted by Gasteiger charge is 2.22. The molecule has 28 heteroatoms. The third-order valence-corrected chi connectivity index (χ3v) is 24.3. The van der Waals surface area contributed by atoms with Crippen molar-refractivity contribution in [2.45, 2.75) is 174 Å². The van der Waals surface area contributed by atoms with E-state index < -0.39 is 75.6 Å². The predicted octanol–water partition coefficient (Wildman–Crippen LogP) is 28.5. The van der Waals surface area contributed by atoms with E-state index in [0.29, 0.717) is 93.9 Å². The molecule has 0 aliphatic rings. The summed E-state index contributed by atoms with van der Waals surface area (Å²) in [6.07, 6.45) is 4.41. The lowest BCUT2D eigenvalue weighted by atomic mass is 10.00. The maximum Gasteiger partial charge on any atom is 0.164 e. The summed E-state index contributed by atoms with van der Waals surface area (Å²) in [6, 6.07) is 67.6. The van der Waals surface area contributed by atoms with E-state index in [2.05, 4.69) is 67.8 Å². The van der Waals surface area contributed by atoms with Crippen LogP contribution in [0.3, 0.4) is 0 Å². The first-order chi connectivity index (χ1) is 68.7. The van der Waals surface area contributed by atoms with Crippen LogP contribution in [0.15, 0.2) is 255 Å². The SMILES string of the molecule is Cc1cc(C)n(-c2ccc(CCc3c(C)cccc3F)cc2)n1.Cc1cc(C)n(-c2ccc(CCc3c(F)ccc(F)c3F)cc2F)n1.Cc1cc(C)n(-c2ccc(CCc3c(F)cccc3F)cc2F)n1.Cc1cc(C)n(-c2ccc(CCc3c(F)cccc3F)cc2F)n1.Cc1cc(C)n(-c2ccc(CCc3ccccc3F)cc2F)n1.Cc1cc(F)c(CCc2ccc(-n3nc(C)cc3C)c(F)c2)c(F)c1. The molecule has 0 spiro atoms. The summed E-state index contributed by atoms with van der Waals surface area (Å²) in [6.45, 7) is 26.2. The Morgan fingerprint density at radius 3 is 0.736 bits per heavy atom. The summed E-state index contributed by atoms with van der Waals surface area (Å²) in [4.78, 5) is 0. The van der Waals surface area contributed by atoms with Crippen LogP contribution in [-0.4, -0.2) is 58.7 Å². The smallest absolute Gasteiger partial charge is 0.164 e. The fourth-order valence-electron chi connectivity index (χ4n) is 17.1. The Morgan fingerprint density at radius 1 is 0.181 bits per heavy atom. The molecule has 6 heterocycles. The van der Waals surface area contributed by atoms with Crippen LogP contribution in [0.5, 0.6) is 0 Å². The van der Waals surface area contributed by atoms with Gasteiger partial charge in [-0.15, -0.1) is 0 Å². The van der Waals surface area contributed by atoms with Gasteiger partial charge in [0, 0.05) is 56.4 Å². The molecule has 0 unspecified atom stereocenters. The summed E-state index contributed by atoms with van der Waals surface area (Å²) in [5, 5.41) is 25.8. The van der Waals surface area contributed by atoms with Crippen LogP contribution in [0.1, 0.15) is 146 Å². The van der Waals surface area contributed by atoms with Gasteiger partial charge in [0.1, 0.15) is 110 Å². The first-order valence-corrected chi connectivity index (χ1v) is 46.8. The van der Waals surface area contributed by atoms with Crippen molar-refractivity contribution in [3.8, 4) is 34.1 Å². The van der Waals surface area contributed by atoms with Gasteiger partial charge in [0.05, 0.1) is 39.9 Å². The number of nitrogens with zero attached hydrogens (tertiary/aromatic N) is 12. The Morgan fingerprint density at radius 2 is 0.431 bits per heavy atom. The lowest BCUT2D eigenvalue weighted by molar-refractivity contribution is 0.479. The summed E-state index contributed by atoms with van der Waals surface area (Å²) in [5.41, 5.74) is 20.7. The van der Waals surface area contributed by atoms with Gasteiger partial charge in [-0.1, -0.05) is 84.9 Å². The molecule has 0 bridgehead atoms. The average Bonchev–Trinajstić information content (AvgIpc) is 1.64. The highest BCUT2D eigenvalue weighted by Crippen LogP contribution is 2.30. The second kappa shape index (κ2) is 48.0. The Hall–Kier alpha value is -15.2. The van der Waals surface area contributed by atoms with Crippen molar-refractivity contribution in [1.29, 1.82) is 0 Å². The van der Waals surface area contributed by atoms with Crippen molar-refractivity contribution in [3.05, 3.63) is 494 Å². The van der Waals surface area contributed by atoms with Gasteiger partial charge in [-0.05, 0) is 399 Å². The Bertz CT molecular complexity index is 7340. The quantitative estimate of drug-likeness (QED) is 0.0441. The molecule has 0 fully saturated rings. The van der Waals surface area contributed by atoms with Crippen LogP contribution >= 0.6 is 0 Å². The van der Waals surface area contributed by atoms with E-state index in [4.69, 9.17) is 0 Å². The number of aromatic nitrogens is 12. The molecule has 0 radical (unpaired) electrons. The first kappa shape index (κ1) is 106. The molecular formula is C116H108F16N12. The molecule has 0 N–H and O–H groups in total. The van der Waals surface area contributed by atoms with Crippen molar-refractivity contribution >= 4 is 0 Å². The van der Waals surface area contributed by atoms with E-state index in [1.54, 1.807) is 98.4 Å². The molecule has 0 atom stereocenters. The molecule has 0 aliphatic heterocycles. The molecule has 0 saturated carbocycles. The van der Waals surface area contributed by atoms with Gasteiger partial charge in [0.2, 0.25) is 0 Å². The topological polar surface area (TPSA) is 107 Å². The van der Waals surface area contributed by atoms with E-state index in [1.807, 2.05) is 136 Å². The van der Waals surface area contributed by atoms with Crippen LogP contribution in [0, 0.1) is 190 Å². The van der Waals surface area contributed by atoms with Gasteiger partial charge in [-0.25, -0.2) is 98.3 Å². The average molecular weight is 1970 g/mol. The monoisotopic (exact) mass is 1970 g/mol. The standard InChI is InChI=1S/C20H19F3N2.C20H21FN2.C19H16F4N2.2C19H17F3N2.C19H18F2N2/c1-12-8-17(21)16(18(22)9-12)6-4-15-5-7-20(19(23)11-15)25-14(3)10-13(2)24-25;1-14-5-4-6-20(21)19(14)12-9-17-7-10-18(11-8-17)23-16(3)13-15(2)22-23;1-11-9-12(2)25(24-11)18-8-4-13(10-17(18)22)3-5-14-15(20)6-7-16(21)19(14)23;2*1-12-10-13(2)24(23-12)19-9-7-14(11-18(19)22)6-8-15-16(20)4-3-5-17(15)21;1-13-11-14(2)23(22-13)19-10-8-15(12-18(19)21)7-9-16-5-3-4-6-17(16)20/h5,7-11H,4,6H2,1-3H3;4-8,10-11,13H,9,12H2,1-3H3;4,6-10H,3,5H2,1-2H3;2*3-5,7,9-11H,6,8H2,1-2H3;3-6,8,10-12H,7,9H2,1-2H3. The maximum absolute atomic E-state index is 14.5. The molecule has 0 aliphatic carbocycles. The molecule has 12 aromatic carbocycles. The summed E-state index contributed by atoms with van der Waals surface area (Å²) >= 11 is 0.